The Morgan fingerprint density at radius 2 is 1.02 bits per heavy atom. The zero-order valence-electron chi connectivity index (χ0n) is 30.9. The first kappa shape index (κ1) is 31.2. The van der Waals surface area contributed by atoms with Crippen molar-refractivity contribution in [1.82, 2.24) is 0 Å². The lowest BCUT2D eigenvalue weighted by Crippen LogP contribution is -2.17. The van der Waals surface area contributed by atoms with E-state index >= 15 is 0 Å². The second-order valence-electron chi connectivity index (χ2n) is 16.1. The van der Waals surface area contributed by atoms with Gasteiger partial charge < -0.3 is 9.32 Å². The van der Waals surface area contributed by atoms with Crippen LogP contribution < -0.4 is 4.90 Å². The van der Waals surface area contributed by atoms with Gasteiger partial charge in [-0.25, -0.2) is 0 Å². The summed E-state index contributed by atoms with van der Waals surface area (Å²) < 4.78 is 6.72. The third kappa shape index (κ3) is 4.23. The van der Waals surface area contributed by atoms with E-state index in [1.54, 1.807) is 0 Å². The Morgan fingerprint density at radius 1 is 0.407 bits per heavy atom. The Labute approximate surface area is 315 Å². The van der Waals surface area contributed by atoms with Gasteiger partial charge in [-0.3, -0.25) is 0 Å². The van der Waals surface area contributed by atoms with Crippen LogP contribution in [0.25, 0.3) is 66.1 Å². The zero-order chi connectivity index (χ0) is 36.3. The van der Waals surface area contributed by atoms with E-state index in [-0.39, 0.29) is 10.8 Å². The standard InChI is InChI=1S/C52H39NO/c1-51(2)44-27-23-33(30-42(44)49-45(51)28-25-41-40-19-11-13-21-48(40)54-50(41)49)53(34-22-24-38-37-17-10-12-20-43(37)52(3,4)46(38)31-34)47-29-26-35(32-14-6-5-7-15-32)36-16-8-9-18-39(36)47/h5-31H,1-4H3. The van der Waals surface area contributed by atoms with Gasteiger partial charge in [-0.05, 0) is 91.9 Å². The van der Waals surface area contributed by atoms with Crippen molar-refractivity contribution >= 4 is 49.8 Å². The fourth-order valence-electron chi connectivity index (χ4n) is 9.75. The van der Waals surface area contributed by atoms with Crippen LogP contribution in [0.15, 0.2) is 168 Å². The molecule has 258 valence electrons. The molecule has 2 aliphatic rings. The van der Waals surface area contributed by atoms with Crippen molar-refractivity contribution in [2.75, 3.05) is 4.90 Å². The molecule has 2 nitrogen and oxygen atoms in total. The summed E-state index contributed by atoms with van der Waals surface area (Å²) in [7, 11) is 0. The molecule has 0 spiro atoms. The van der Waals surface area contributed by atoms with E-state index in [0.717, 1.165) is 39.0 Å². The average molecular weight is 694 g/mol. The molecule has 2 aliphatic carbocycles. The topological polar surface area (TPSA) is 16.4 Å². The molecular weight excluding hydrogens is 655 g/mol. The van der Waals surface area contributed by atoms with Crippen molar-refractivity contribution in [3.8, 4) is 33.4 Å². The molecule has 0 N–H and O–H groups in total. The lowest BCUT2D eigenvalue weighted by atomic mass is 9.82. The normalized spacial score (nSPS) is 14.6. The predicted molar refractivity (Wildman–Crippen MR) is 226 cm³/mol. The molecule has 9 aromatic rings. The van der Waals surface area contributed by atoms with E-state index in [4.69, 9.17) is 4.42 Å². The maximum absolute atomic E-state index is 6.72. The summed E-state index contributed by atoms with van der Waals surface area (Å²) in [5.74, 6) is 0. The Balaban J connectivity index is 1.18. The molecule has 0 fully saturated rings. The van der Waals surface area contributed by atoms with Gasteiger partial charge in [0.1, 0.15) is 11.2 Å². The summed E-state index contributed by atoms with van der Waals surface area (Å²) in [6.07, 6.45) is 0. The summed E-state index contributed by atoms with van der Waals surface area (Å²) in [6, 6.07) is 60.3. The third-order valence-corrected chi connectivity index (χ3v) is 12.5. The van der Waals surface area contributed by atoms with Gasteiger partial charge in [0.2, 0.25) is 0 Å². The van der Waals surface area contributed by atoms with Crippen LogP contribution in [0.3, 0.4) is 0 Å². The molecule has 1 aromatic heterocycles. The van der Waals surface area contributed by atoms with Crippen LogP contribution in [0.1, 0.15) is 49.9 Å². The van der Waals surface area contributed by atoms with Gasteiger partial charge in [-0.1, -0.05) is 155 Å². The van der Waals surface area contributed by atoms with Crippen LogP contribution in [0.2, 0.25) is 0 Å². The van der Waals surface area contributed by atoms with Crippen molar-refractivity contribution in [3.63, 3.8) is 0 Å². The number of furan rings is 1. The largest absolute Gasteiger partial charge is 0.455 e. The lowest BCUT2D eigenvalue weighted by molar-refractivity contribution is 0.653. The molecule has 54 heavy (non-hydrogen) atoms. The summed E-state index contributed by atoms with van der Waals surface area (Å²) in [6.45, 7) is 9.42. The fraction of sp³-hybridized carbons (Fsp3) is 0.115. The van der Waals surface area contributed by atoms with Crippen LogP contribution in [0.4, 0.5) is 17.1 Å². The van der Waals surface area contributed by atoms with Crippen molar-refractivity contribution in [2.45, 2.75) is 38.5 Å². The number of benzene rings is 8. The first-order chi connectivity index (χ1) is 26.3. The minimum absolute atomic E-state index is 0.124. The van der Waals surface area contributed by atoms with Crippen molar-refractivity contribution in [3.05, 3.63) is 186 Å². The molecule has 0 amide bonds. The number of nitrogens with zero attached hydrogens (tertiary/aromatic N) is 1. The number of para-hydroxylation sites is 1. The van der Waals surface area contributed by atoms with Crippen molar-refractivity contribution < 1.29 is 4.42 Å². The molecule has 0 aliphatic heterocycles. The van der Waals surface area contributed by atoms with Crippen LogP contribution in [0.5, 0.6) is 0 Å². The van der Waals surface area contributed by atoms with E-state index in [1.807, 2.05) is 0 Å². The highest BCUT2D eigenvalue weighted by Gasteiger charge is 2.39. The second-order valence-corrected chi connectivity index (χ2v) is 16.1. The number of anilines is 3. The average Bonchev–Trinajstić information content (AvgIpc) is 3.78. The van der Waals surface area contributed by atoms with E-state index < -0.39 is 0 Å². The second kappa shape index (κ2) is 11.1. The van der Waals surface area contributed by atoms with Gasteiger partial charge in [0.25, 0.3) is 0 Å². The number of rotatable bonds is 4. The molecule has 2 heteroatoms. The van der Waals surface area contributed by atoms with E-state index in [9.17, 15) is 0 Å². The first-order valence-corrected chi connectivity index (χ1v) is 19.0. The van der Waals surface area contributed by atoms with Gasteiger partial charge in [0.05, 0.1) is 5.69 Å². The third-order valence-electron chi connectivity index (χ3n) is 12.5. The van der Waals surface area contributed by atoms with Crippen LogP contribution in [-0.4, -0.2) is 0 Å². The van der Waals surface area contributed by atoms with E-state index in [1.165, 1.54) is 66.4 Å². The summed E-state index contributed by atoms with van der Waals surface area (Å²) in [4.78, 5) is 2.49. The highest BCUT2D eigenvalue weighted by molar-refractivity contribution is 6.12. The SMILES string of the molecule is CC1(C)c2ccccc2-c2ccc(N(c3ccc4c(c3)-c3c(ccc5c3oc3ccccc35)C4(C)C)c3ccc(-c4ccccc4)c4ccccc34)cc21. The van der Waals surface area contributed by atoms with Gasteiger partial charge in [-0.2, -0.15) is 0 Å². The molecule has 0 atom stereocenters. The minimum atomic E-state index is -0.172. The van der Waals surface area contributed by atoms with Gasteiger partial charge in [0.15, 0.2) is 0 Å². The monoisotopic (exact) mass is 693 g/mol. The number of hydrogen-bond acceptors (Lipinski definition) is 2. The molecule has 0 radical (unpaired) electrons. The maximum Gasteiger partial charge on any atom is 0.143 e. The smallest absolute Gasteiger partial charge is 0.143 e. The number of fused-ring (bicyclic) bond motifs is 11. The van der Waals surface area contributed by atoms with Crippen LogP contribution in [0, 0.1) is 0 Å². The molecule has 0 unspecified atom stereocenters. The van der Waals surface area contributed by atoms with E-state index in [2.05, 4.69) is 196 Å². The molecule has 0 bridgehead atoms. The van der Waals surface area contributed by atoms with Gasteiger partial charge in [0, 0.05) is 43.9 Å². The van der Waals surface area contributed by atoms with Crippen LogP contribution in [-0.2, 0) is 10.8 Å². The molecule has 0 saturated carbocycles. The first-order valence-electron chi connectivity index (χ1n) is 19.0. The van der Waals surface area contributed by atoms with Crippen LogP contribution >= 0.6 is 0 Å². The molecule has 8 aromatic carbocycles. The van der Waals surface area contributed by atoms with Crippen molar-refractivity contribution in [1.29, 1.82) is 0 Å². The molecule has 11 rings (SSSR count). The highest BCUT2D eigenvalue weighted by atomic mass is 16.3. The summed E-state index contributed by atoms with van der Waals surface area (Å²) in [5, 5.41) is 4.77. The predicted octanol–water partition coefficient (Wildman–Crippen LogP) is 14.5. The van der Waals surface area contributed by atoms with Gasteiger partial charge in [-0.15, -0.1) is 0 Å². The minimum Gasteiger partial charge on any atom is -0.455 e. The lowest BCUT2D eigenvalue weighted by Gasteiger charge is -2.30. The van der Waals surface area contributed by atoms with Gasteiger partial charge >= 0.3 is 0 Å². The Morgan fingerprint density at radius 3 is 1.87 bits per heavy atom. The molecular formula is C52H39NO. The van der Waals surface area contributed by atoms with Crippen molar-refractivity contribution in [2.24, 2.45) is 0 Å². The maximum atomic E-state index is 6.72. The quantitative estimate of drug-likeness (QED) is 0.182. The Bertz CT molecular complexity index is 3000. The molecule has 1 heterocycles. The Hall–Kier alpha value is -6.38. The summed E-state index contributed by atoms with van der Waals surface area (Å²) >= 11 is 0. The van der Waals surface area contributed by atoms with E-state index in [0.29, 0.717) is 0 Å². The fourth-order valence-corrected chi connectivity index (χ4v) is 9.75. The zero-order valence-corrected chi connectivity index (χ0v) is 30.9. The number of hydrogen-bond donors (Lipinski definition) is 0. The Kier molecular flexibility index (Phi) is 6.39. The molecule has 0 saturated heterocycles. The highest BCUT2D eigenvalue weighted by Crippen LogP contribution is 2.55. The summed E-state index contributed by atoms with van der Waals surface area (Å²) in [5.41, 5.74) is 17.9.